The quantitative estimate of drug-likeness (QED) is 0.683. The predicted molar refractivity (Wildman–Crippen MR) is 109 cm³/mol. The first-order chi connectivity index (χ1) is 12.8. The van der Waals surface area contributed by atoms with Gasteiger partial charge in [0.15, 0.2) is 0 Å². The van der Waals surface area contributed by atoms with Crippen molar-refractivity contribution >= 4 is 21.6 Å². The van der Waals surface area contributed by atoms with Crippen LogP contribution in [0, 0.1) is 0 Å². The molecule has 6 nitrogen and oxygen atoms in total. The topological polar surface area (TPSA) is 75.7 Å². The van der Waals surface area contributed by atoms with Crippen molar-refractivity contribution in [1.82, 2.24) is 5.32 Å². The third kappa shape index (κ3) is 7.05. The Kier molecular flexibility index (Phi) is 7.95. The zero-order chi connectivity index (χ0) is 19.9. The van der Waals surface area contributed by atoms with E-state index in [-0.39, 0.29) is 31.0 Å². The normalized spacial score (nSPS) is 16.0. The van der Waals surface area contributed by atoms with Crippen LogP contribution in [-0.2, 0) is 14.8 Å². The molecule has 1 N–H and O–H groups in total. The van der Waals surface area contributed by atoms with Crippen LogP contribution in [0.5, 0.6) is 5.75 Å². The SMILES string of the molecule is CC(C)Oc1ccccc1N(CCC(=O)NC1CCCCCC1)S(C)(=O)=O. The van der Waals surface area contributed by atoms with Gasteiger partial charge in [-0.2, -0.15) is 0 Å². The summed E-state index contributed by atoms with van der Waals surface area (Å²) in [5.74, 6) is 0.403. The Labute approximate surface area is 163 Å². The van der Waals surface area contributed by atoms with E-state index in [9.17, 15) is 13.2 Å². The molecule has 0 bridgehead atoms. The highest BCUT2D eigenvalue weighted by Gasteiger charge is 2.23. The second kappa shape index (κ2) is 9.97. The standard InChI is InChI=1S/C20H32N2O4S/c1-16(2)26-19-13-9-8-12-18(19)22(27(3,24)25)15-14-20(23)21-17-10-6-4-5-7-11-17/h8-9,12-13,16-17H,4-7,10-11,14-15H2,1-3H3,(H,21,23). The first-order valence-corrected chi connectivity index (χ1v) is 11.6. The van der Waals surface area contributed by atoms with Crippen LogP contribution in [-0.4, -0.2) is 39.3 Å². The zero-order valence-electron chi connectivity index (χ0n) is 16.6. The van der Waals surface area contributed by atoms with E-state index in [0.717, 1.165) is 31.9 Å². The Morgan fingerprint density at radius 1 is 1.19 bits per heavy atom. The second-order valence-corrected chi connectivity index (χ2v) is 9.38. The molecule has 1 aromatic rings. The smallest absolute Gasteiger partial charge is 0.232 e. The monoisotopic (exact) mass is 396 g/mol. The number of hydrogen-bond acceptors (Lipinski definition) is 4. The van der Waals surface area contributed by atoms with Crippen LogP contribution in [0.3, 0.4) is 0 Å². The van der Waals surface area contributed by atoms with Crippen molar-refractivity contribution < 1.29 is 17.9 Å². The van der Waals surface area contributed by atoms with Gasteiger partial charge in [-0.05, 0) is 38.8 Å². The van der Waals surface area contributed by atoms with Crippen LogP contribution >= 0.6 is 0 Å². The molecule has 7 heteroatoms. The van der Waals surface area contributed by atoms with Gasteiger partial charge in [-0.3, -0.25) is 9.10 Å². The number of amides is 1. The molecular formula is C20H32N2O4S. The number of benzene rings is 1. The molecule has 152 valence electrons. The minimum Gasteiger partial charge on any atom is -0.489 e. The molecule has 0 aromatic heterocycles. The fourth-order valence-electron chi connectivity index (χ4n) is 3.41. The average molecular weight is 397 g/mol. The van der Waals surface area contributed by atoms with Crippen molar-refractivity contribution in [2.75, 3.05) is 17.1 Å². The van der Waals surface area contributed by atoms with Gasteiger partial charge in [0.1, 0.15) is 5.75 Å². The van der Waals surface area contributed by atoms with Crippen molar-refractivity contribution in [3.63, 3.8) is 0 Å². The second-order valence-electron chi connectivity index (χ2n) is 7.48. The lowest BCUT2D eigenvalue weighted by atomic mass is 10.1. The van der Waals surface area contributed by atoms with Crippen molar-refractivity contribution in [3.8, 4) is 5.75 Å². The number of carbonyl (C=O) groups excluding carboxylic acids is 1. The summed E-state index contributed by atoms with van der Waals surface area (Å²) in [6, 6.07) is 7.25. The fourth-order valence-corrected chi connectivity index (χ4v) is 4.34. The number of para-hydroxylation sites is 2. The van der Waals surface area contributed by atoms with E-state index in [4.69, 9.17) is 4.74 Å². The maximum atomic E-state index is 12.4. The Bertz CT molecular complexity index is 710. The average Bonchev–Trinajstić information content (AvgIpc) is 2.83. The van der Waals surface area contributed by atoms with E-state index in [2.05, 4.69) is 5.32 Å². The zero-order valence-corrected chi connectivity index (χ0v) is 17.4. The maximum absolute atomic E-state index is 12.4. The number of carbonyl (C=O) groups is 1. The van der Waals surface area contributed by atoms with Crippen LogP contribution in [0.2, 0.25) is 0 Å². The van der Waals surface area contributed by atoms with Crippen molar-refractivity contribution in [3.05, 3.63) is 24.3 Å². The van der Waals surface area contributed by atoms with Crippen LogP contribution in [0.4, 0.5) is 5.69 Å². The van der Waals surface area contributed by atoms with Crippen LogP contribution < -0.4 is 14.4 Å². The molecule has 0 unspecified atom stereocenters. The minimum absolute atomic E-state index is 0.0777. The minimum atomic E-state index is -3.54. The highest BCUT2D eigenvalue weighted by Crippen LogP contribution is 2.30. The van der Waals surface area contributed by atoms with Gasteiger partial charge in [0.05, 0.1) is 18.0 Å². The number of nitrogens with zero attached hydrogens (tertiary/aromatic N) is 1. The maximum Gasteiger partial charge on any atom is 0.232 e. The predicted octanol–water partition coefficient (Wildman–Crippen LogP) is 3.47. The van der Waals surface area contributed by atoms with E-state index in [0.29, 0.717) is 11.4 Å². The summed E-state index contributed by atoms with van der Waals surface area (Å²) in [4.78, 5) is 12.4. The van der Waals surface area contributed by atoms with Gasteiger partial charge in [0, 0.05) is 19.0 Å². The van der Waals surface area contributed by atoms with Crippen LogP contribution in [0.15, 0.2) is 24.3 Å². The first kappa shape index (κ1) is 21.5. The van der Waals surface area contributed by atoms with Gasteiger partial charge in [-0.25, -0.2) is 8.42 Å². The molecule has 27 heavy (non-hydrogen) atoms. The fraction of sp³-hybridized carbons (Fsp3) is 0.650. The lowest BCUT2D eigenvalue weighted by Gasteiger charge is -2.25. The van der Waals surface area contributed by atoms with Crippen LogP contribution in [0.25, 0.3) is 0 Å². The highest BCUT2D eigenvalue weighted by molar-refractivity contribution is 7.92. The molecule has 0 aliphatic heterocycles. The Morgan fingerprint density at radius 2 is 1.81 bits per heavy atom. The molecule has 0 radical (unpaired) electrons. The van der Waals surface area contributed by atoms with Gasteiger partial charge in [0.2, 0.25) is 15.9 Å². The molecule has 2 rings (SSSR count). The largest absolute Gasteiger partial charge is 0.489 e. The van der Waals surface area contributed by atoms with Crippen LogP contribution in [0.1, 0.15) is 58.8 Å². The summed E-state index contributed by atoms with van der Waals surface area (Å²) in [7, 11) is -3.54. The summed E-state index contributed by atoms with van der Waals surface area (Å²) in [6.07, 6.45) is 7.94. The van der Waals surface area contributed by atoms with E-state index < -0.39 is 10.0 Å². The molecule has 0 saturated heterocycles. The Balaban J connectivity index is 2.06. The number of sulfonamides is 1. The van der Waals surface area contributed by atoms with Gasteiger partial charge >= 0.3 is 0 Å². The van der Waals surface area contributed by atoms with E-state index in [1.54, 1.807) is 24.3 Å². The van der Waals surface area contributed by atoms with Gasteiger partial charge in [-0.1, -0.05) is 37.8 Å². The summed E-state index contributed by atoms with van der Waals surface area (Å²) < 4.78 is 31.7. The Hall–Kier alpha value is -1.76. The third-order valence-electron chi connectivity index (χ3n) is 4.66. The number of rotatable bonds is 8. The summed E-state index contributed by atoms with van der Waals surface area (Å²) in [5, 5.41) is 3.07. The molecular weight excluding hydrogens is 364 g/mol. The number of nitrogens with one attached hydrogen (secondary N) is 1. The summed E-state index contributed by atoms with van der Waals surface area (Å²) >= 11 is 0. The number of ether oxygens (including phenoxy) is 1. The summed E-state index contributed by atoms with van der Waals surface area (Å²) in [5.41, 5.74) is 0.468. The molecule has 1 saturated carbocycles. The lowest BCUT2D eigenvalue weighted by Crippen LogP contribution is -2.38. The van der Waals surface area contributed by atoms with E-state index in [1.807, 2.05) is 13.8 Å². The molecule has 0 spiro atoms. The van der Waals surface area contributed by atoms with Crippen molar-refractivity contribution in [1.29, 1.82) is 0 Å². The van der Waals surface area contributed by atoms with Crippen molar-refractivity contribution in [2.24, 2.45) is 0 Å². The molecule has 0 atom stereocenters. The molecule has 1 fully saturated rings. The van der Waals surface area contributed by atoms with Crippen molar-refractivity contribution in [2.45, 2.75) is 70.9 Å². The van der Waals surface area contributed by atoms with E-state index in [1.165, 1.54) is 17.1 Å². The van der Waals surface area contributed by atoms with Gasteiger partial charge < -0.3 is 10.1 Å². The number of hydrogen-bond donors (Lipinski definition) is 1. The molecule has 1 aliphatic carbocycles. The van der Waals surface area contributed by atoms with Gasteiger partial charge in [0.25, 0.3) is 0 Å². The third-order valence-corrected chi connectivity index (χ3v) is 5.84. The number of anilines is 1. The molecule has 1 aromatic carbocycles. The lowest BCUT2D eigenvalue weighted by molar-refractivity contribution is -0.121. The first-order valence-electron chi connectivity index (χ1n) is 9.80. The molecule has 1 aliphatic rings. The highest BCUT2D eigenvalue weighted by atomic mass is 32.2. The molecule has 0 heterocycles. The summed E-state index contributed by atoms with van der Waals surface area (Å²) in [6.45, 7) is 3.87. The van der Waals surface area contributed by atoms with E-state index >= 15 is 0 Å². The van der Waals surface area contributed by atoms with Gasteiger partial charge in [-0.15, -0.1) is 0 Å². The Morgan fingerprint density at radius 3 is 2.41 bits per heavy atom. The molecule has 1 amide bonds.